The molecule has 3 aromatic rings. The Bertz CT molecular complexity index is 1060. The van der Waals surface area contributed by atoms with E-state index in [0.29, 0.717) is 17.0 Å². The van der Waals surface area contributed by atoms with Crippen molar-refractivity contribution in [2.45, 2.75) is 32.9 Å². The minimum absolute atomic E-state index is 0.0173. The number of fused-ring (bicyclic) bond motifs is 1. The van der Waals surface area contributed by atoms with Crippen LogP contribution < -0.4 is 5.32 Å². The fourth-order valence-electron chi connectivity index (χ4n) is 2.73. The van der Waals surface area contributed by atoms with E-state index in [1.165, 1.54) is 6.07 Å². The molecule has 0 fully saturated rings. The van der Waals surface area contributed by atoms with Crippen molar-refractivity contribution in [3.63, 3.8) is 0 Å². The summed E-state index contributed by atoms with van der Waals surface area (Å²) in [5.41, 5.74) is 1.73. The van der Waals surface area contributed by atoms with Crippen LogP contribution in [0.3, 0.4) is 0 Å². The Morgan fingerprint density at radius 3 is 2.61 bits per heavy atom. The minimum Gasteiger partial charge on any atom is -0.325 e. The third kappa shape index (κ3) is 4.06. The maximum Gasteiger partial charge on any atom is 0.453 e. The van der Waals surface area contributed by atoms with Gasteiger partial charge in [0.15, 0.2) is 0 Å². The molecule has 0 radical (unpaired) electrons. The van der Waals surface area contributed by atoms with Crippen LogP contribution in [0.2, 0.25) is 5.02 Å². The molecule has 1 amide bonds. The highest BCUT2D eigenvalue weighted by atomic mass is 35.5. The second-order valence-corrected chi connectivity index (χ2v) is 6.49. The van der Waals surface area contributed by atoms with Crippen molar-refractivity contribution in [3.05, 3.63) is 51.8 Å². The van der Waals surface area contributed by atoms with E-state index < -0.39 is 17.8 Å². The Balaban J connectivity index is 1.79. The van der Waals surface area contributed by atoms with Crippen molar-refractivity contribution in [1.82, 2.24) is 19.6 Å². The van der Waals surface area contributed by atoms with Crippen LogP contribution in [0.15, 0.2) is 18.2 Å². The second-order valence-electron chi connectivity index (χ2n) is 6.08. The van der Waals surface area contributed by atoms with Crippen molar-refractivity contribution in [3.8, 4) is 0 Å². The van der Waals surface area contributed by atoms with Gasteiger partial charge >= 0.3 is 6.18 Å². The molecule has 0 bridgehead atoms. The van der Waals surface area contributed by atoms with Gasteiger partial charge in [-0.05, 0) is 44.0 Å². The van der Waals surface area contributed by atoms with Gasteiger partial charge in [0, 0.05) is 17.8 Å². The van der Waals surface area contributed by atoms with Crippen molar-refractivity contribution >= 4 is 29.0 Å². The number of benzene rings is 1. The molecule has 0 atom stereocenters. The van der Waals surface area contributed by atoms with Crippen molar-refractivity contribution < 1.29 is 22.4 Å². The zero-order valence-corrected chi connectivity index (χ0v) is 15.5. The predicted molar refractivity (Wildman–Crippen MR) is 93.6 cm³/mol. The number of rotatable bonds is 4. The second kappa shape index (κ2) is 7.34. The zero-order chi connectivity index (χ0) is 20.6. The van der Waals surface area contributed by atoms with Crippen LogP contribution >= 0.6 is 11.6 Å². The molecular formula is C17H14ClF4N5O. The molecule has 0 saturated heterocycles. The minimum atomic E-state index is -4.68. The molecule has 0 saturated carbocycles. The summed E-state index contributed by atoms with van der Waals surface area (Å²) in [7, 11) is 0. The Morgan fingerprint density at radius 2 is 1.96 bits per heavy atom. The lowest BCUT2D eigenvalue weighted by molar-refractivity contribution is -0.144. The summed E-state index contributed by atoms with van der Waals surface area (Å²) in [4.78, 5) is 19.6. The van der Waals surface area contributed by atoms with Gasteiger partial charge in [0.25, 0.3) is 11.6 Å². The first kappa shape index (κ1) is 20.0. The number of aryl methyl sites for hydroxylation is 2. The highest BCUT2D eigenvalue weighted by molar-refractivity contribution is 6.33. The molecular weight excluding hydrogens is 402 g/mol. The lowest BCUT2D eigenvalue weighted by Crippen LogP contribution is -2.14. The lowest BCUT2D eigenvalue weighted by atomic mass is 10.1. The van der Waals surface area contributed by atoms with Crippen molar-refractivity contribution in [2.75, 3.05) is 5.32 Å². The van der Waals surface area contributed by atoms with E-state index in [4.69, 9.17) is 11.6 Å². The van der Waals surface area contributed by atoms with Gasteiger partial charge in [-0.25, -0.2) is 13.9 Å². The summed E-state index contributed by atoms with van der Waals surface area (Å²) in [6.07, 6.45) is -4.45. The van der Waals surface area contributed by atoms with Crippen LogP contribution in [-0.4, -0.2) is 25.5 Å². The number of hydrogen-bond acceptors (Lipinski definition) is 4. The van der Waals surface area contributed by atoms with Gasteiger partial charge in [-0.1, -0.05) is 11.6 Å². The van der Waals surface area contributed by atoms with Gasteiger partial charge in [0.1, 0.15) is 5.82 Å². The number of amides is 1. The molecule has 6 nitrogen and oxygen atoms in total. The van der Waals surface area contributed by atoms with E-state index in [0.717, 1.165) is 16.6 Å². The summed E-state index contributed by atoms with van der Waals surface area (Å²) in [6, 6.07) is 3.58. The Kier molecular flexibility index (Phi) is 5.24. The molecule has 0 aliphatic rings. The van der Waals surface area contributed by atoms with E-state index in [9.17, 15) is 22.4 Å². The number of carbonyl (C=O) groups excluding carboxylic acids is 1. The van der Waals surface area contributed by atoms with E-state index in [-0.39, 0.29) is 35.2 Å². The van der Waals surface area contributed by atoms with Crippen LogP contribution in [0.4, 0.5) is 23.2 Å². The highest BCUT2D eigenvalue weighted by Gasteiger charge is 2.36. The molecule has 148 valence electrons. The van der Waals surface area contributed by atoms with Gasteiger partial charge in [-0.2, -0.15) is 18.2 Å². The number of halogens is 5. The summed E-state index contributed by atoms with van der Waals surface area (Å²) in [6.45, 7) is 3.21. The van der Waals surface area contributed by atoms with E-state index in [1.807, 2.05) is 0 Å². The summed E-state index contributed by atoms with van der Waals surface area (Å²) in [5.74, 6) is -2.35. The van der Waals surface area contributed by atoms with Gasteiger partial charge in [-0.3, -0.25) is 4.79 Å². The Hall–Kier alpha value is -2.75. The average molecular weight is 416 g/mol. The first-order valence-electron chi connectivity index (χ1n) is 8.11. The lowest BCUT2D eigenvalue weighted by Gasteiger charge is -2.11. The topological polar surface area (TPSA) is 72.2 Å². The maximum absolute atomic E-state index is 13.1. The molecule has 2 heterocycles. The summed E-state index contributed by atoms with van der Waals surface area (Å²) >= 11 is 5.87. The largest absolute Gasteiger partial charge is 0.453 e. The summed E-state index contributed by atoms with van der Waals surface area (Å²) < 4.78 is 52.5. The molecule has 2 aromatic heterocycles. The fourth-order valence-corrected chi connectivity index (χ4v) is 2.95. The first-order chi connectivity index (χ1) is 13.1. The summed E-state index contributed by atoms with van der Waals surface area (Å²) in [5, 5.41) is 6.09. The average Bonchev–Trinajstić information content (AvgIpc) is 3.01. The third-order valence-electron chi connectivity index (χ3n) is 4.11. The van der Waals surface area contributed by atoms with Crippen LogP contribution in [0.5, 0.6) is 0 Å². The van der Waals surface area contributed by atoms with Gasteiger partial charge in [0.2, 0.25) is 5.91 Å². The van der Waals surface area contributed by atoms with Gasteiger partial charge in [0.05, 0.1) is 10.7 Å². The normalized spacial score (nSPS) is 11.8. The van der Waals surface area contributed by atoms with Crippen LogP contribution in [0.25, 0.3) is 5.78 Å². The molecule has 0 spiro atoms. The molecule has 1 aromatic carbocycles. The van der Waals surface area contributed by atoms with Crippen molar-refractivity contribution in [1.29, 1.82) is 0 Å². The van der Waals surface area contributed by atoms with Crippen LogP contribution in [0.1, 0.15) is 29.2 Å². The van der Waals surface area contributed by atoms with E-state index >= 15 is 0 Å². The monoisotopic (exact) mass is 415 g/mol. The van der Waals surface area contributed by atoms with Gasteiger partial charge in [-0.15, -0.1) is 5.10 Å². The standard InChI is InChI=1S/C17H14ClF4N5O/c1-8-11(4-6-14(28)24-13-5-3-10(19)7-12(13)18)9(2)27-16(23-8)25-15(26-27)17(20,21)22/h3,5,7H,4,6H2,1-2H3,(H,24,28). The number of nitrogens with one attached hydrogen (secondary N) is 1. The zero-order valence-electron chi connectivity index (χ0n) is 14.7. The number of aromatic nitrogens is 4. The number of alkyl halides is 3. The SMILES string of the molecule is Cc1nc2nc(C(F)(F)F)nn2c(C)c1CCC(=O)Nc1ccc(F)cc1Cl. The fraction of sp³-hybridized carbons (Fsp3) is 0.294. The number of carbonyl (C=O) groups is 1. The molecule has 0 aliphatic heterocycles. The predicted octanol–water partition coefficient (Wildman–Crippen LogP) is 4.12. The number of hydrogen-bond donors (Lipinski definition) is 1. The highest BCUT2D eigenvalue weighted by Crippen LogP contribution is 2.27. The quantitative estimate of drug-likeness (QED) is 0.650. The Morgan fingerprint density at radius 1 is 1.25 bits per heavy atom. The van der Waals surface area contributed by atoms with Crippen LogP contribution in [-0.2, 0) is 17.4 Å². The molecule has 28 heavy (non-hydrogen) atoms. The third-order valence-corrected chi connectivity index (χ3v) is 4.42. The smallest absolute Gasteiger partial charge is 0.325 e. The molecule has 1 N–H and O–H groups in total. The van der Waals surface area contributed by atoms with E-state index in [2.05, 4.69) is 20.4 Å². The van der Waals surface area contributed by atoms with Crippen molar-refractivity contribution in [2.24, 2.45) is 0 Å². The van der Waals surface area contributed by atoms with E-state index in [1.54, 1.807) is 13.8 Å². The van der Waals surface area contributed by atoms with Crippen LogP contribution in [0, 0.1) is 19.7 Å². The molecule has 0 aliphatic carbocycles. The molecule has 11 heteroatoms. The number of anilines is 1. The first-order valence-corrected chi connectivity index (χ1v) is 8.49. The molecule has 3 rings (SSSR count). The maximum atomic E-state index is 13.1. The van der Waals surface area contributed by atoms with Gasteiger partial charge < -0.3 is 5.32 Å². The molecule has 0 unspecified atom stereocenters. The number of nitrogens with zero attached hydrogens (tertiary/aromatic N) is 4. The Labute approximate surface area is 161 Å².